The van der Waals surface area contributed by atoms with Crippen LogP contribution in [0, 0.1) is 6.92 Å². The van der Waals surface area contributed by atoms with Crippen LogP contribution < -0.4 is 14.3 Å². The lowest BCUT2D eigenvalue weighted by Gasteiger charge is -2.07. The van der Waals surface area contributed by atoms with Gasteiger partial charge in [-0.2, -0.15) is 4.99 Å². The molecule has 0 radical (unpaired) electrons. The van der Waals surface area contributed by atoms with E-state index in [9.17, 15) is 4.79 Å². The Morgan fingerprint density at radius 3 is 2.73 bits per heavy atom. The SMILES string of the molecule is COc1ccc(-c2nnc(SCC(=O)N=c3sccn3Cc3ccc(C)cc3)o2)c(OC)c1. The molecule has 0 fully saturated rings. The Hall–Kier alpha value is -3.37. The van der Waals surface area contributed by atoms with Crippen molar-refractivity contribution < 1.29 is 18.7 Å². The van der Waals surface area contributed by atoms with E-state index in [1.807, 2.05) is 16.1 Å². The molecule has 0 atom stereocenters. The fraction of sp³-hybridized carbons (Fsp3) is 0.217. The van der Waals surface area contributed by atoms with Gasteiger partial charge in [0.2, 0.25) is 0 Å². The standard InChI is InChI=1S/C23H22N4O4S2/c1-15-4-6-16(7-5-15)13-27-10-11-32-22(27)24-20(28)14-33-23-26-25-21(31-23)18-9-8-17(29-2)12-19(18)30-3/h4-12H,13-14H2,1-3H3. The second kappa shape index (κ2) is 10.5. The number of aromatic nitrogens is 3. The van der Waals surface area contributed by atoms with E-state index in [2.05, 4.69) is 46.4 Å². The van der Waals surface area contributed by atoms with Crippen LogP contribution in [0.4, 0.5) is 0 Å². The van der Waals surface area contributed by atoms with Gasteiger partial charge >= 0.3 is 0 Å². The van der Waals surface area contributed by atoms with E-state index in [0.717, 1.165) is 17.3 Å². The first-order chi connectivity index (χ1) is 16.1. The number of carbonyl (C=O) groups is 1. The molecule has 0 saturated heterocycles. The minimum Gasteiger partial charge on any atom is -0.497 e. The van der Waals surface area contributed by atoms with Crippen LogP contribution in [0.15, 0.2) is 68.7 Å². The van der Waals surface area contributed by atoms with E-state index < -0.39 is 0 Å². The summed E-state index contributed by atoms with van der Waals surface area (Å²) in [5.74, 6) is 1.32. The van der Waals surface area contributed by atoms with Gasteiger partial charge in [-0.25, -0.2) is 0 Å². The molecule has 0 aliphatic rings. The maximum atomic E-state index is 12.5. The molecule has 2 heterocycles. The highest BCUT2D eigenvalue weighted by Crippen LogP contribution is 2.33. The van der Waals surface area contributed by atoms with Gasteiger partial charge in [0.15, 0.2) is 4.80 Å². The van der Waals surface area contributed by atoms with Crippen LogP contribution in [0.5, 0.6) is 11.5 Å². The highest BCUT2D eigenvalue weighted by Gasteiger charge is 2.15. The third-order valence-corrected chi connectivity index (χ3v) is 6.32. The van der Waals surface area contributed by atoms with Gasteiger partial charge in [0.05, 0.1) is 25.5 Å². The molecule has 33 heavy (non-hydrogen) atoms. The molecule has 0 unspecified atom stereocenters. The summed E-state index contributed by atoms with van der Waals surface area (Å²) >= 11 is 2.57. The molecular formula is C23H22N4O4S2. The van der Waals surface area contributed by atoms with Crippen molar-refractivity contribution in [2.45, 2.75) is 18.7 Å². The number of rotatable bonds is 8. The van der Waals surface area contributed by atoms with Gasteiger partial charge in [0.25, 0.3) is 17.0 Å². The lowest BCUT2D eigenvalue weighted by Crippen LogP contribution is -2.17. The van der Waals surface area contributed by atoms with Crippen LogP contribution in [-0.4, -0.2) is 40.6 Å². The Kier molecular flexibility index (Phi) is 7.26. The second-order valence-electron chi connectivity index (χ2n) is 7.03. The molecule has 4 rings (SSSR count). The summed E-state index contributed by atoms with van der Waals surface area (Å²) < 4.78 is 18.3. The third-order valence-electron chi connectivity index (χ3n) is 4.72. The zero-order valence-electron chi connectivity index (χ0n) is 18.3. The van der Waals surface area contributed by atoms with E-state index in [1.165, 1.54) is 16.9 Å². The van der Waals surface area contributed by atoms with Crippen molar-refractivity contribution >= 4 is 29.0 Å². The van der Waals surface area contributed by atoms with Gasteiger partial charge < -0.3 is 18.5 Å². The van der Waals surface area contributed by atoms with E-state index in [0.29, 0.717) is 34.3 Å². The van der Waals surface area contributed by atoms with Crippen LogP contribution in [0.2, 0.25) is 0 Å². The summed E-state index contributed by atoms with van der Waals surface area (Å²) in [6.07, 6.45) is 1.93. The van der Waals surface area contributed by atoms with Gasteiger partial charge in [-0.15, -0.1) is 21.5 Å². The highest BCUT2D eigenvalue weighted by molar-refractivity contribution is 7.99. The molecule has 0 aliphatic carbocycles. The Morgan fingerprint density at radius 1 is 1.15 bits per heavy atom. The van der Waals surface area contributed by atoms with E-state index in [1.54, 1.807) is 32.4 Å². The largest absolute Gasteiger partial charge is 0.497 e. The normalized spacial score (nSPS) is 11.5. The summed E-state index contributed by atoms with van der Waals surface area (Å²) in [6.45, 7) is 2.71. The van der Waals surface area contributed by atoms with Crippen LogP contribution in [-0.2, 0) is 11.3 Å². The molecule has 1 amide bonds. The molecule has 170 valence electrons. The quantitative estimate of drug-likeness (QED) is 0.348. The third kappa shape index (κ3) is 5.71. The number of nitrogens with zero attached hydrogens (tertiary/aromatic N) is 4. The topological polar surface area (TPSA) is 91.7 Å². The van der Waals surface area contributed by atoms with Gasteiger partial charge in [0.1, 0.15) is 11.5 Å². The average molecular weight is 483 g/mol. The van der Waals surface area contributed by atoms with Crippen molar-refractivity contribution in [1.82, 2.24) is 14.8 Å². The van der Waals surface area contributed by atoms with Crippen molar-refractivity contribution in [2.75, 3.05) is 20.0 Å². The smallest absolute Gasteiger partial charge is 0.277 e. The minimum absolute atomic E-state index is 0.0871. The van der Waals surface area contributed by atoms with Crippen molar-refractivity contribution in [3.8, 4) is 23.0 Å². The molecule has 10 heteroatoms. The van der Waals surface area contributed by atoms with Gasteiger partial charge in [-0.3, -0.25) is 4.79 Å². The molecule has 8 nitrogen and oxygen atoms in total. The van der Waals surface area contributed by atoms with Crippen molar-refractivity contribution in [1.29, 1.82) is 0 Å². The molecule has 0 saturated carbocycles. The summed E-state index contributed by atoms with van der Waals surface area (Å²) in [6, 6.07) is 13.6. The molecule has 4 aromatic rings. The number of thioether (sulfide) groups is 1. The average Bonchev–Trinajstić information content (AvgIpc) is 3.48. The van der Waals surface area contributed by atoms with E-state index >= 15 is 0 Å². The Balaban J connectivity index is 1.42. The molecule has 2 aromatic carbocycles. The molecule has 0 spiro atoms. The lowest BCUT2D eigenvalue weighted by molar-refractivity contribution is -0.115. The number of amides is 1. The zero-order chi connectivity index (χ0) is 23.2. The van der Waals surface area contributed by atoms with Crippen molar-refractivity contribution in [2.24, 2.45) is 4.99 Å². The number of thiazole rings is 1. The van der Waals surface area contributed by atoms with Crippen LogP contribution >= 0.6 is 23.1 Å². The second-order valence-corrected chi connectivity index (χ2v) is 8.83. The number of carbonyl (C=O) groups excluding carboxylic acids is 1. The van der Waals surface area contributed by atoms with Crippen LogP contribution in [0.1, 0.15) is 11.1 Å². The number of hydrogen-bond donors (Lipinski definition) is 0. The number of hydrogen-bond acceptors (Lipinski definition) is 8. The number of methoxy groups -OCH3 is 2. The minimum atomic E-state index is -0.276. The maximum Gasteiger partial charge on any atom is 0.277 e. The maximum absolute atomic E-state index is 12.5. The van der Waals surface area contributed by atoms with Crippen molar-refractivity contribution in [3.05, 3.63) is 70.0 Å². The summed E-state index contributed by atoms with van der Waals surface area (Å²) in [5, 5.41) is 10.3. The van der Waals surface area contributed by atoms with Crippen LogP contribution in [0.3, 0.4) is 0 Å². The molecular weight excluding hydrogens is 460 g/mol. The lowest BCUT2D eigenvalue weighted by atomic mass is 10.1. The van der Waals surface area contributed by atoms with E-state index in [4.69, 9.17) is 13.9 Å². The molecule has 0 bridgehead atoms. The van der Waals surface area contributed by atoms with Gasteiger partial charge in [-0.05, 0) is 24.6 Å². The first-order valence-corrected chi connectivity index (χ1v) is 11.9. The summed E-state index contributed by atoms with van der Waals surface area (Å²) in [7, 11) is 3.14. The Morgan fingerprint density at radius 2 is 1.97 bits per heavy atom. The summed E-state index contributed by atoms with van der Waals surface area (Å²) in [5.41, 5.74) is 3.00. The summed E-state index contributed by atoms with van der Waals surface area (Å²) in [4.78, 5) is 17.4. The Labute approximate surface area is 198 Å². The molecule has 0 aliphatic heterocycles. The number of benzene rings is 2. The first kappa shape index (κ1) is 22.8. The Bertz CT molecular complexity index is 1310. The number of ether oxygens (including phenoxy) is 2. The monoisotopic (exact) mass is 482 g/mol. The van der Waals surface area contributed by atoms with Gasteiger partial charge in [0, 0.05) is 24.2 Å². The zero-order valence-corrected chi connectivity index (χ0v) is 20.0. The fourth-order valence-corrected chi connectivity index (χ4v) is 4.30. The van der Waals surface area contributed by atoms with E-state index in [-0.39, 0.29) is 16.9 Å². The first-order valence-electron chi connectivity index (χ1n) is 10.0. The number of aryl methyl sites for hydroxylation is 1. The van der Waals surface area contributed by atoms with Crippen LogP contribution in [0.25, 0.3) is 11.5 Å². The predicted octanol–water partition coefficient (Wildman–Crippen LogP) is 4.19. The van der Waals surface area contributed by atoms with Gasteiger partial charge in [-0.1, -0.05) is 41.6 Å². The molecule has 2 aromatic heterocycles. The predicted molar refractivity (Wildman–Crippen MR) is 127 cm³/mol. The van der Waals surface area contributed by atoms with Crippen molar-refractivity contribution in [3.63, 3.8) is 0 Å². The molecule has 0 N–H and O–H groups in total. The highest BCUT2D eigenvalue weighted by atomic mass is 32.2. The fourth-order valence-electron chi connectivity index (χ4n) is 3.01.